The van der Waals surface area contributed by atoms with Gasteiger partial charge in [-0.05, 0) is 26.0 Å². The molecule has 2 heterocycles. The van der Waals surface area contributed by atoms with Crippen molar-refractivity contribution in [3.8, 4) is 11.5 Å². The summed E-state index contributed by atoms with van der Waals surface area (Å²) < 4.78 is 15.9. The lowest BCUT2D eigenvalue weighted by atomic mass is 9.94. The van der Waals surface area contributed by atoms with E-state index >= 15 is 0 Å². The van der Waals surface area contributed by atoms with Gasteiger partial charge >= 0.3 is 5.91 Å². The van der Waals surface area contributed by atoms with Crippen molar-refractivity contribution in [3.63, 3.8) is 0 Å². The third-order valence-corrected chi connectivity index (χ3v) is 5.37. The number of carbonyl (C=O) groups is 2. The van der Waals surface area contributed by atoms with E-state index in [1.165, 1.54) is 19.1 Å². The van der Waals surface area contributed by atoms with Crippen LogP contribution in [-0.4, -0.2) is 36.2 Å². The Morgan fingerprint density at radius 1 is 1.03 bits per heavy atom. The van der Waals surface area contributed by atoms with Gasteiger partial charge in [0.2, 0.25) is 0 Å². The number of ether oxygens (including phenoxy) is 2. The van der Waals surface area contributed by atoms with Gasteiger partial charge in [-0.3, -0.25) is 14.5 Å². The molecule has 1 aliphatic heterocycles. The molecule has 3 aromatic rings. The second kappa shape index (κ2) is 8.22. The molecule has 164 valence electrons. The third kappa shape index (κ3) is 3.49. The molecule has 4 rings (SSSR count). The summed E-state index contributed by atoms with van der Waals surface area (Å²) in [5.74, 6) is -0.374. The van der Waals surface area contributed by atoms with E-state index in [0.29, 0.717) is 28.4 Å². The molecule has 1 fully saturated rings. The zero-order valence-corrected chi connectivity index (χ0v) is 18.1. The van der Waals surface area contributed by atoms with Crippen molar-refractivity contribution in [2.24, 2.45) is 0 Å². The molecule has 0 aliphatic carbocycles. The van der Waals surface area contributed by atoms with Crippen LogP contribution in [0.15, 0.2) is 58.6 Å². The first-order valence-corrected chi connectivity index (χ1v) is 9.89. The van der Waals surface area contributed by atoms with Crippen LogP contribution in [0, 0.1) is 13.8 Å². The van der Waals surface area contributed by atoms with Gasteiger partial charge in [0.1, 0.15) is 29.1 Å². The Hall–Kier alpha value is -4.07. The number of aliphatic hydroxyl groups excluding tert-OH is 1. The average molecular weight is 434 g/mol. The minimum absolute atomic E-state index is 0.0667. The minimum atomic E-state index is -0.985. The maximum absolute atomic E-state index is 13.2. The zero-order valence-electron chi connectivity index (χ0n) is 18.1. The second-order valence-electron chi connectivity index (χ2n) is 7.44. The molecule has 1 aromatic heterocycles. The topological polar surface area (TPSA) is 102 Å². The first-order valence-electron chi connectivity index (χ1n) is 9.89. The van der Waals surface area contributed by atoms with E-state index in [1.54, 1.807) is 43.3 Å². The summed E-state index contributed by atoms with van der Waals surface area (Å²) in [6.07, 6.45) is 0. The molecule has 1 unspecified atom stereocenters. The number of benzene rings is 2. The number of aliphatic hydroxyl groups is 1. The lowest BCUT2D eigenvalue weighted by Crippen LogP contribution is -2.30. The Morgan fingerprint density at radius 2 is 1.75 bits per heavy atom. The van der Waals surface area contributed by atoms with Crippen LogP contribution in [0.3, 0.4) is 0 Å². The summed E-state index contributed by atoms with van der Waals surface area (Å²) in [4.78, 5) is 27.5. The highest BCUT2D eigenvalue weighted by Crippen LogP contribution is 2.45. The Balaban J connectivity index is 1.98. The fourth-order valence-electron chi connectivity index (χ4n) is 3.74. The fourth-order valence-corrected chi connectivity index (χ4v) is 3.74. The smallest absolute Gasteiger partial charge is 0.301 e. The molecule has 1 atom stereocenters. The van der Waals surface area contributed by atoms with Crippen molar-refractivity contribution in [1.29, 1.82) is 0 Å². The summed E-state index contributed by atoms with van der Waals surface area (Å²) in [7, 11) is 3.00. The molecule has 2 aromatic carbocycles. The standard InChI is InChI=1S/C24H22N2O6/c1-13-5-7-15(8-6-13)22(27)20-21(17-10-9-16(30-3)12-18(17)31-4)26(24(29)23(20)28)19-11-14(2)32-25-19/h5-12,21,27H,1-4H3. The lowest BCUT2D eigenvalue weighted by Gasteiger charge is -2.24. The van der Waals surface area contributed by atoms with E-state index in [9.17, 15) is 14.7 Å². The van der Waals surface area contributed by atoms with Crippen molar-refractivity contribution in [1.82, 2.24) is 5.16 Å². The first kappa shape index (κ1) is 21.2. The lowest BCUT2D eigenvalue weighted by molar-refractivity contribution is -0.132. The van der Waals surface area contributed by atoms with Crippen molar-refractivity contribution < 1.29 is 28.7 Å². The van der Waals surface area contributed by atoms with Crippen molar-refractivity contribution in [3.05, 3.63) is 76.6 Å². The number of ketones is 1. The second-order valence-corrected chi connectivity index (χ2v) is 7.44. The molecule has 1 aliphatic rings. The van der Waals surface area contributed by atoms with E-state index in [0.717, 1.165) is 5.56 Å². The van der Waals surface area contributed by atoms with Gasteiger partial charge in [-0.2, -0.15) is 0 Å². The number of methoxy groups -OCH3 is 2. The Bertz CT molecular complexity index is 1230. The van der Waals surface area contributed by atoms with E-state index in [2.05, 4.69) is 5.16 Å². The largest absolute Gasteiger partial charge is 0.507 e. The summed E-state index contributed by atoms with van der Waals surface area (Å²) in [5, 5.41) is 15.1. The van der Waals surface area contributed by atoms with E-state index < -0.39 is 17.7 Å². The molecule has 32 heavy (non-hydrogen) atoms. The number of amides is 1. The third-order valence-electron chi connectivity index (χ3n) is 5.37. The summed E-state index contributed by atoms with van der Waals surface area (Å²) in [6.45, 7) is 3.60. The Morgan fingerprint density at radius 3 is 2.34 bits per heavy atom. The average Bonchev–Trinajstić information content (AvgIpc) is 3.33. The normalized spacial score (nSPS) is 17.6. The van der Waals surface area contributed by atoms with Crippen LogP contribution in [0.4, 0.5) is 5.82 Å². The number of carbonyl (C=O) groups excluding carboxylic acids is 2. The molecule has 1 amide bonds. The number of aryl methyl sites for hydroxylation is 2. The molecular formula is C24H22N2O6. The van der Waals surface area contributed by atoms with Crippen LogP contribution in [-0.2, 0) is 9.59 Å². The van der Waals surface area contributed by atoms with Crippen LogP contribution >= 0.6 is 0 Å². The maximum Gasteiger partial charge on any atom is 0.301 e. The SMILES string of the molecule is COc1ccc(C2C(=C(O)c3ccc(C)cc3)C(=O)C(=O)N2c2cc(C)on2)c(OC)c1. The maximum atomic E-state index is 13.2. The quantitative estimate of drug-likeness (QED) is 0.369. The molecule has 0 spiro atoms. The van der Waals surface area contributed by atoms with E-state index in [4.69, 9.17) is 14.0 Å². The van der Waals surface area contributed by atoms with E-state index in [-0.39, 0.29) is 17.2 Å². The molecule has 1 N–H and O–H groups in total. The molecule has 8 nitrogen and oxygen atoms in total. The van der Waals surface area contributed by atoms with Crippen molar-refractivity contribution >= 4 is 23.3 Å². The van der Waals surface area contributed by atoms with Crippen LogP contribution in [0.25, 0.3) is 5.76 Å². The van der Waals surface area contributed by atoms with Crippen molar-refractivity contribution in [2.45, 2.75) is 19.9 Å². The highest BCUT2D eigenvalue weighted by Gasteiger charge is 2.49. The van der Waals surface area contributed by atoms with Crippen molar-refractivity contribution in [2.75, 3.05) is 19.1 Å². The molecule has 0 saturated carbocycles. The van der Waals surface area contributed by atoms with Crippen LogP contribution in [0.5, 0.6) is 11.5 Å². The highest BCUT2D eigenvalue weighted by molar-refractivity contribution is 6.51. The molecular weight excluding hydrogens is 412 g/mol. The van der Waals surface area contributed by atoms with Gasteiger partial charge in [0.15, 0.2) is 5.82 Å². The first-order chi connectivity index (χ1) is 15.3. The minimum Gasteiger partial charge on any atom is -0.507 e. The van der Waals surface area contributed by atoms with Crippen LogP contribution < -0.4 is 14.4 Å². The number of hydrogen-bond acceptors (Lipinski definition) is 7. The van der Waals surface area contributed by atoms with Gasteiger partial charge in [-0.15, -0.1) is 0 Å². The highest BCUT2D eigenvalue weighted by atomic mass is 16.5. The predicted octanol–water partition coefficient (Wildman–Crippen LogP) is 3.93. The molecule has 0 bridgehead atoms. The van der Waals surface area contributed by atoms with Crippen LogP contribution in [0.1, 0.15) is 28.5 Å². The van der Waals surface area contributed by atoms with Gasteiger partial charge in [0, 0.05) is 23.3 Å². The summed E-state index contributed by atoms with van der Waals surface area (Å²) in [5.41, 5.74) is 1.83. The predicted molar refractivity (Wildman–Crippen MR) is 117 cm³/mol. The summed E-state index contributed by atoms with van der Waals surface area (Å²) in [6, 6.07) is 12.6. The van der Waals surface area contributed by atoms with Crippen LogP contribution in [0.2, 0.25) is 0 Å². The monoisotopic (exact) mass is 434 g/mol. The number of Topliss-reactive ketones (excluding diaryl/α,β-unsaturated/α-hetero) is 1. The Labute approximate surface area is 184 Å². The zero-order chi connectivity index (χ0) is 23.0. The summed E-state index contributed by atoms with van der Waals surface area (Å²) >= 11 is 0. The molecule has 8 heteroatoms. The number of aromatic nitrogens is 1. The van der Waals surface area contributed by atoms with Gasteiger partial charge in [-0.25, -0.2) is 0 Å². The number of hydrogen-bond donors (Lipinski definition) is 1. The van der Waals surface area contributed by atoms with Gasteiger partial charge < -0.3 is 19.1 Å². The van der Waals surface area contributed by atoms with Gasteiger partial charge in [0.05, 0.1) is 19.8 Å². The fraction of sp³-hybridized carbons (Fsp3) is 0.208. The van der Waals surface area contributed by atoms with Gasteiger partial charge in [0.25, 0.3) is 5.78 Å². The number of nitrogens with zero attached hydrogens (tertiary/aromatic N) is 2. The Kier molecular flexibility index (Phi) is 5.44. The van der Waals surface area contributed by atoms with Gasteiger partial charge in [-0.1, -0.05) is 35.0 Å². The number of anilines is 1. The number of rotatable bonds is 5. The molecule has 0 radical (unpaired) electrons. The molecule has 1 saturated heterocycles. The van der Waals surface area contributed by atoms with E-state index in [1.807, 2.05) is 19.1 Å².